The van der Waals surface area contributed by atoms with Crippen LogP contribution in [0.15, 0.2) is 24.3 Å². The number of hydrogen-bond acceptors (Lipinski definition) is 3. The lowest BCUT2D eigenvalue weighted by atomic mass is 9.53. The molecule has 0 radical (unpaired) electrons. The molecular formula is C22H31N3O2. The first-order chi connectivity index (χ1) is 12.9. The summed E-state index contributed by atoms with van der Waals surface area (Å²) in [6, 6.07) is 7.67. The van der Waals surface area contributed by atoms with E-state index in [0.29, 0.717) is 6.54 Å². The van der Waals surface area contributed by atoms with E-state index in [1.54, 1.807) is 7.05 Å². The number of anilines is 1. The number of benzene rings is 1. The molecule has 27 heavy (non-hydrogen) atoms. The molecule has 0 atom stereocenters. The molecule has 0 spiro atoms. The lowest BCUT2D eigenvalue weighted by Gasteiger charge is -2.57. The molecule has 0 heterocycles. The third-order valence-corrected chi connectivity index (χ3v) is 6.79. The molecule has 1 aromatic carbocycles. The summed E-state index contributed by atoms with van der Waals surface area (Å²) in [5.41, 5.74) is 2.09. The third kappa shape index (κ3) is 4.18. The zero-order valence-electron chi connectivity index (χ0n) is 16.5. The first-order valence-corrected chi connectivity index (χ1v) is 10.3. The molecule has 0 aromatic heterocycles. The van der Waals surface area contributed by atoms with Crippen LogP contribution in [-0.2, 0) is 9.59 Å². The molecule has 4 aliphatic rings. The average Bonchev–Trinajstić information content (AvgIpc) is 2.60. The summed E-state index contributed by atoms with van der Waals surface area (Å²) >= 11 is 0. The van der Waals surface area contributed by atoms with Gasteiger partial charge in [0.15, 0.2) is 0 Å². The Balaban J connectivity index is 1.26. The topological polar surface area (TPSA) is 61.4 Å². The van der Waals surface area contributed by atoms with Crippen molar-refractivity contribution in [2.24, 2.45) is 17.8 Å². The fourth-order valence-corrected chi connectivity index (χ4v) is 5.87. The van der Waals surface area contributed by atoms with Crippen LogP contribution >= 0.6 is 0 Å². The van der Waals surface area contributed by atoms with Gasteiger partial charge in [0, 0.05) is 18.3 Å². The van der Waals surface area contributed by atoms with Gasteiger partial charge in [-0.15, -0.1) is 0 Å². The van der Waals surface area contributed by atoms with Crippen molar-refractivity contribution in [2.45, 2.75) is 51.0 Å². The van der Waals surface area contributed by atoms with Gasteiger partial charge in [-0.05, 0) is 75.3 Å². The fraction of sp³-hybridized carbons (Fsp3) is 0.636. The van der Waals surface area contributed by atoms with Crippen molar-refractivity contribution >= 4 is 17.5 Å². The quantitative estimate of drug-likeness (QED) is 0.810. The predicted octanol–water partition coefficient (Wildman–Crippen LogP) is 2.95. The highest BCUT2D eigenvalue weighted by Gasteiger charge is 2.50. The van der Waals surface area contributed by atoms with Crippen LogP contribution in [0, 0.1) is 24.7 Å². The van der Waals surface area contributed by atoms with E-state index in [2.05, 4.69) is 10.6 Å². The van der Waals surface area contributed by atoms with E-state index in [-0.39, 0.29) is 23.9 Å². The Kier molecular flexibility index (Phi) is 4.97. The molecule has 4 saturated carbocycles. The van der Waals surface area contributed by atoms with Crippen molar-refractivity contribution in [3.63, 3.8) is 0 Å². The molecule has 0 saturated heterocycles. The van der Waals surface area contributed by atoms with Gasteiger partial charge in [0.2, 0.25) is 11.8 Å². The van der Waals surface area contributed by atoms with E-state index in [1.807, 2.05) is 31.2 Å². The Morgan fingerprint density at radius 3 is 2.15 bits per heavy atom. The molecule has 2 N–H and O–H groups in total. The Labute approximate surface area is 161 Å². The van der Waals surface area contributed by atoms with Crippen molar-refractivity contribution in [3.8, 4) is 0 Å². The van der Waals surface area contributed by atoms with E-state index in [1.165, 1.54) is 43.4 Å². The maximum absolute atomic E-state index is 12.6. The maximum Gasteiger partial charge on any atom is 0.243 e. The van der Waals surface area contributed by atoms with E-state index in [4.69, 9.17) is 0 Å². The van der Waals surface area contributed by atoms with Crippen molar-refractivity contribution < 1.29 is 9.59 Å². The van der Waals surface area contributed by atoms with Crippen molar-refractivity contribution in [1.29, 1.82) is 0 Å². The molecule has 5 rings (SSSR count). The summed E-state index contributed by atoms with van der Waals surface area (Å²) in [5.74, 6) is 2.40. The molecule has 4 fully saturated rings. The highest BCUT2D eigenvalue weighted by atomic mass is 16.2. The maximum atomic E-state index is 12.6. The minimum absolute atomic E-state index is 0.00944. The van der Waals surface area contributed by atoms with Crippen LogP contribution in [0.25, 0.3) is 0 Å². The summed E-state index contributed by atoms with van der Waals surface area (Å²) in [4.78, 5) is 26.3. The second-order valence-corrected chi connectivity index (χ2v) is 9.22. The monoisotopic (exact) mass is 369 g/mol. The largest absolute Gasteiger partial charge is 0.335 e. The van der Waals surface area contributed by atoms with Crippen LogP contribution in [0.4, 0.5) is 5.69 Å². The van der Waals surface area contributed by atoms with Gasteiger partial charge in [0.1, 0.15) is 0 Å². The third-order valence-electron chi connectivity index (χ3n) is 6.79. The number of nitrogens with one attached hydrogen (secondary N) is 2. The van der Waals surface area contributed by atoms with Gasteiger partial charge in [-0.25, -0.2) is 0 Å². The zero-order valence-corrected chi connectivity index (χ0v) is 16.5. The molecule has 146 valence electrons. The number of hydrogen-bond donors (Lipinski definition) is 2. The average molecular weight is 370 g/mol. The molecular weight excluding hydrogens is 338 g/mol. The van der Waals surface area contributed by atoms with Crippen LogP contribution < -0.4 is 10.6 Å². The minimum Gasteiger partial charge on any atom is -0.335 e. The molecule has 0 aliphatic heterocycles. The first kappa shape index (κ1) is 18.5. The van der Waals surface area contributed by atoms with Gasteiger partial charge in [-0.2, -0.15) is 0 Å². The van der Waals surface area contributed by atoms with Crippen LogP contribution in [0.2, 0.25) is 0 Å². The van der Waals surface area contributed by atoms with E-state index >= 15 is 0 Å². The van der Waals surface area contributed by atoms with Crippen molar-refractivity contribution in [1.82, 2.24) is 10.2 Å². The fourth-order valence-electron chi connectivity index (χ4n) is 5.87. The van der Waals surface area contributed by atoms with Gasteiger partial charge >= 0.3 is 0 Å². The van der Waals surface area contributed by atoms with E-state index in [9.17, 15) is 9.59 Å². The first-order valence-electron chi connectivity index (χ1n) is 10.3. The van der Waals surface area contributed by atoms with Crippen molar-refractivity contribution in [2.75, 3.05) is 25.5 Å². The SMILES string of the molecule is Cc1ccc(NC(=O)CN(C)C(=O)CNC23CC4CC(CC(C4)C2)C3)cc1. The molecule has 5 nitrogen and oxygen atoms in total. The van der Waals surface area contributed by atoms with Crippen LogP contribution in [0.3, 0.4) is 0 Å². The Morgan fingerprint density at radius 2 is 1.59 bits per heavy atom. The summed E-state index contributed by atoms with van der Waals surface area (Å²) in [5, 5.41) is 6.47. The predicted molar refractivity (Wildman–Crippen MR) is 106 cm³/mol. The molecule has 0 unspecified atom stereocenters. The smallest absolute Gasteiger partial charge is 0.243 e. The Bertz CT molecular complexity index is 677. The molecule has 2 amide bonds. The number of carbonyl (C=O) groups is 2. The summed E-state index contributed by atoms with van der Waals surface area (Å²) in [6.45, 7) is 2.42. The molecule has 1 aromatic rings. The summed E-state index contributed by atoms with van der Waals surface area (Å²) < 4.78 is 0. The number of nitrogens with zero attached hydrogens (tertiary/aromatic N) is 1. The van der Waals surface area contributed by atoms with Gasteiger partial charge in [-0.1, -0.05) is 17.7 Å². The van der Waals surface area contributed by atoms with Crippen molar-refractivity contribution in [3.05, 3.63) is 29.8 Å². The molecule has 4 aliphatic carbocycles. The number of aryl methyl sites for hydroxylation is 1. The second kappa shape index (κ2) is 7.27. The highest BCUT2D eigenvalue weighted by molar-refractivity contribution is 5.94. The van der Waals surface area contributed by atoms with E-state index < -0.39 is 0 Å². The van der Waals surface area contributed by atoms with Gasteiger partial charge in [-0.3, -0.25) is 9.59 Å². The number of carbonyl (C=O) groups excluding carboxylic acids is 2. The number of likely N-dealkylation sites (N-methyl/N-ethyl adjacent to an activating group) is 1. The Hall–Kier alpha value is -1.88. The lowest BCUT2D eigenvalue weighted by Crippen LogP contribution is -2.60. The molecule has 4 bridgehead atoms. The van der Waals surface area contributed by atoms with Crippen LogP contribution in [0.5, 0.6) is 0 Å². The second-order valence-electron chi connectivity index (χ2n) is 9.22. The van der Waals surface area contributed by atoms with E-state index in [0.717, 1.165) is 29.0 Å². The minimum atomic E-state index is -0.162. The van der Waals surface area contributed by atoms with Crippen LogP contribution in [-0.4, -0.2) is 42.4 Å². The standard InChI is InChI=1S/C22H31N3O2/c1-15-3-5-19(6-4-15)24-20(26)14-25(2)21(27)13-23-22-10-16-7-17(11-22)9-18(8-16)12-22/h3-6,16-18,23H,7-14H2,1-2H3,(H,24,26). The zero-order chi connectivity index (χ0) is 19.0. The normalized spacial score (nSPS) is 31.0. The highest BCUT2D eigenvalue weighted by Crippen LogP contribution is 2.55. The van der Waals surface area contributed by atoms with Gasteiger partial charge in [0.05, 0.1) is 13.1 Å². The van der Waals surface area contributed by atoms with Crippen LogP contribution in [0.1, 0.15) is 44.1 Å². The lowest BCUT2D eigenvalue weighted by molar-refractivity contribution is -0.133. The number of rotatable bonds is 6. The summed E-state index contributed by atoms with van der Waals surface area (Å²) in [7, 11) is 1.71. The number of amides is 2. The molecule has 5 heteroatoms. The van der Waals surface area contributed by atoms with Gasteiger partial charge in [0.25, 0.3) is 0 Å². The summed E-state index contributed by atoms with van der Waals surface area (Å²) in [6.07, 6.45) is 7.87. The Morgan fingerprint density at radius 1 is 1.04 bits per heavy atom. The van der Waals surface area contributed by atoms with Gasteiger partial charge < -0.3 is 15.5 Å².